The van der Waals surface area contributed by atoms with E-state index in [-0.39, 0.29) is 5.56 Å². The van der Waals surface area contributed by atoms with Gasteiger partial charge in [-0.15, -0.1) is 11.3 Å². The summed E-state index contributed by atoms with van der Waals surface area (Å²) in [7, 11) is 0. The molecule has 1 saturated heterocycles. The second kappa shape index (κ2) is 9.52. The van der Waals surface area contributed by atoms with Crippen molar-refractivity contribution in [3.05, 3.63) is 62.2 Å². The summed E-state index contributed by atoms with van der Waals surface area (Å²) < 4.78 is 36.9. The van der Waals surface area contributed by atoms with Crippen LogP contribution in [0.1, 0.15) is 54.0 Å². The first kappa shape index (κ1) is 24.8. The smallest absolute Gasteiger partial charge is 0.297 e. The molecule has 2 aliphatic heterocycles. The number of halogens is 3. The lowest BCUT2D eigenvalue weighted by atomic mass is 9.84. The van der Waals surface area contributed by atoms with Crippen molar-refractivity contribution in [2.75, 3.05) is 19.7 Å². The highest BCUT2D eigenvalue weighted by Crippen LogP contribution is 2.52. The predicted octanol–water partition coefficient (Wildman–Crippen LogP) is 5.40. The fourth-order valence-electron chi connectivity index (χ4n) is 4.88. The van der Waals surface area contributed by atoms with E-state index >= 15 is 0 Å². The third kappa shape index (κ3) is 4.89. The molecule has 35 heavy (non-hydrogen) atoms. The Labute approximate surface area is 213 Å². The number of nitrogens with one attached hydrogen (secondary N) is 1. The molecule has 6 nitrogen and oxygen atoms in total. The molecule has 0 unspecified atom stereocenters. The van der Waals surface area contributed by atoms with Crippen LogP contribution in [0.4, 0.5) is 8.78 Å². The van der Waals surface area contributed by atoms with Gasteiger partial charge >= 0.3 is 0 Å². The van der Waals surface area contributed by atoms with Gasteiger partial charge in [0.15, 0.2) is 5.82 Å². The zero-order chi connectivity index (χ0) is 24.8. The molecule has 5 heterocycles. The Morgan fingerprint density at radius 1 is 1.26 bits per heavy atom. The number of rotatable bonds is 6. The van der Waals surface area contributed by atoms with Crippen LogP contribution < -0.4 is 5.32 Å². The van der Waals surface area contributed by atoms with Crippen LogP contribution in [0.3, 0.4) is 0 Å². The van der Waals surface area contributed by atoms with E-state index in [0.717, 1.165) is 48.8 Å². The van der Waals surface area contributed by atoms with Crippen LogP contribution in [-0.4, -0.2) is 45.4 Å². The lowest BCUT2D eigenvalue weighted by molar-refractivity contribution is -0.182. The molecule has 0 radical (unpaired) electrons. The highest BCUT2D eigenvalue weighted by atomic mass is 35.5. The lowest BCUT2D eigenvalue weighted by Gasteiger charge is -2.45. The van der Waals surface area contributed by atoms with Gasteiger partial charge in [-0.3, -0.25) is 4.90 Å². The number of pyridine rings is 1. The number of likely N-dealkylation sites (tertiary alicyclic amines) is 1. The van der Waals surface area contributed by atoms with Crippen molar-refractivity contribution in [1.82, 2.24) is 25.0 Å². The van der Waals surface area contributed by atoms with Crippen molar-refractivity contribution in [3.8, 4) is 5.82 Å². The minimum Gasteiger partial charge on any atom is -0.363 e. The SMILES string of the molecule is Cc1nn(-c2ncccc2CNC(C)C)cc1CN1CCC2(CC1)OCC(F)(F)c1cc(Cl)sc12. The number of ether oxygens (including phenoxy) is 1. The van der Waals surface area contributed by atoms with Crippen molar-refractivity contribution in [2.45, 2.75) is 64.3 Å². The number of aryl methyl sites for hydroxylation is 1. The quantitative estimate of drug-likeness (QED) is 0.470. The van der Waals surface area contributed by atoms with Crippen LogP contribution in [0.2, 0.25) is 4.34 Å². The van der Waals surface area contributed by atoms with E-state index in [1.54, 1.807) is 6.20 Å². The largest absolute Gasteiger partial charge is 0.363 e. The fourth-order valence-corrected chi connectivity index (χ4v) is 6.36. The molecule has 188 valence electrons. The number of aromatic nitrogens is 3. The molecule has 2 aliphatic rings. The number of nitrogens with zero attached hydrogens (tertiary/aromatic N) is 4. The maximum Gasteiger partial charge on any atom is 0.297 e. The molecule has 0 aliphatic carbocycles. The van der Waals surface area contributed by atoms with E-state index in [1.807, 2.05) is 17.7 Å². The van der Waals surface area contributed by atoms with Crippen molar-refractivity contribution in [1.29, 1.82) is 0 Å². The van der Waals surface area contributed by atoms with Crippen molar-refractivity contribution >= 4 is 22.9 Å². The summed E-state index contributed by atoms with van der Waals surface area (Å²) >= 11 is 7.36. The van der Waals surface area contributed by atoms with E-state index in [2.05, 4.69) is 41.3 Å². The van der Waals surface area contributed by atoms with Crippen molar-refractivity contribution in [3.63, 3.8) is 0 Å². The van der Waals surface area contributed by atoms with Gasteiger partial charge in [0.1, 0.15) is 12.2 Å². The highest BCUT2D eigenvalue weighted by molar-refractivity contribution is 7.16. The van der Waals surface area contributed by atoms with Gasteiger partial charge in [-0.2, -0.15) is 13.9 Å². The highest BCUT2D eigenvalue weighted by Gasteiger charge is 2.51. The third-order valence-electron chi connectivity index (χ3n) is 6.88. The molecule has 3 aromatic rings. The molecule has 3 aromatic heterocycles. The van der Waals surface area contributed by atoms with Crippen LogP contribution in [0, 0.1) is 6.92 Å². The third-order valence-corrected chi connectivity index (χ3v) is 8.33. The maximum atomic E-state index is 14.4. The Bertz CT molecular complexity index is 1200. The zero-order valence-electron chi connectivity index (χ0n) is 20.2. The molecule has 1 fully saturated rings. The van der Waals surface area contributed by atoms with Crippen LogP contribution in [0.25, 0.3) is 5.82 Å². The van der Waals surface area contributed by atoms with Crippen molar-refractivity contribution < 1.29 is 13.5 Å². The van der Waals surface area contributed by atoms with Gasteiger partial charge in [0.2, 0.25) is 0 Å². The Kier molecular flexibility index (Phi) is 6.74. The number of hydrogen-bond donors (Lipinski definition) is 1. The second-order valence-corrected chi connectivity index (χ2v) is 11.4. The summed E-state index contributed by atoms with van der Waals surface area (Å²) in [6.07, 6.45) is 5.15. The van der Waals surface area contributed by atoms with Crippen LogP contribution in [0.5, 0.6) is 0 Å². The van der Waals surface area contributed by atoms with Gasteiger partial charge in [0.25, 0.3) is 5.92 Å². The van der Waals surface area contributed by atoms with Gasteiger partial charge in [0, 0.05) is 66.2 Å². The second-order valence-electron chi connectivity index (χ2n) is 9.76. The van der Waals surface area contributed by atoms with Crippen LogP contribution >= 0.6 is 22.9 Å². The zero-order valence-corrected chi connectivity index (χ0v) is 21.7. The first-order chi connectivity index (χ1) is 16.7. The Morgan fingerprint density at radius 3 is 2.77 bits per heavy atom. The molecular weight excluding hydrogens is 492 g/mol. The Balaban J connectivity index is 1.29. The lowest BCUT2D eigenvalue weighted by Crippen LogP contribution is -2.48. The number of thiophene rings is 1. The molecule has 10 heteroatoms. The first-order valence-corrected chi connectivity index (χ1v) is 13.1. The minimum atomic E-state index is -2.98. The predicted molar refractivity (Wildman–Crippen MR) is 133 cm³/mol. The molecular formula is C25H30ClF2N5OS. The molecule has 0 aromatic carbocycles. The summed E-state index contributed by atoms with van der Waals surface area (Å²) in [6.45, 7) is 8.62. The van der Waals surface area contributed by atoms with Gasteiger partial charge in [-0.25, -0.2) is 9.67 Å². The van der Waals surface area contributed by atoms with Crippen LogP contribution in [0.15, 0.2) is 30.6 Å². The molecule has 0 amide bonds. The topological polar surface area (TPSA) is 55.2 Å². The minimum absolute atomic E-state index is 0.0439. The van der Waals surface area contributed by atoms with Crippen LogP contribution in [-0.2, 0) is 29.3 Å². The normalized spacial score (nSPS) is 19.4. The molecule has 0 bridgehead atoms. The average molecular weight is 522 g/mol. The van der Waals surface area contributed by atoms with Gasteiger partial charge < -0.3 is 10.1 Å². The maximum absolute atomic E-state index is 14.4. The summed E-state index contributed by atoms with van der Waals surface area (Å²) in [5, 5.41) is 8.19. The number of hydrogen-bond acceptors (Lipinski definition) is 6. The van der Waals surface area contributed by atoms with Crippen molar-refractivity contribution in [2.24, 2.45) is 0 Å². The van der Waals surface area contributed by atoms with E-state index in [4.69, 9.17) is 21.4 Å². The molecule has 0 atom stereocenters. The first-order valence-electron chi connectivity index (χ1n) is 11.9. The summed E-state index contributed by atoms with van der Waals surface area (Å²) in [6, 6.07) is 5.80. The Morgan fingerprint density at radius 2 is 2.03 bits per heavy atom. The van der Waals surface area contributed by atoms with E-state index in [1.165, 1.54) is 17.4 Å². The Hall–Kier alpha value is -1.91. The average Bonchev–Trinajstić information content (AvgIpc) is 3.41. The standard InChI is InChI=1S/C25H30ClF2N5OS/c1-16(2)30-12-18-5-4-8-29-23(18)33-14-19(17(3)31-33)13-32-9-6-24(7-10-32)22-20(11-21(26)35-22)25(27,28)15-34-24/h4-5,8,11,14,16,30H,6-7,9-10,12-13,15H2,1-3H3. The van der Waals surface area contributed by atoms with Gasteiger partial charge in [-0.05, 0) is 31.9 Å². The fraction of sp³-hybridized carbons (Fsp3) is 0.520. The monoisotopic (exact) mass is 521 g/mol. The summed E-state index contributed by atoms with van der Waals surface area (Å²) in [4.78, 5) is 7.51. The molecule has 1 N–H and O–H groups in total. The van der Waals surface area contributed by atoms with Gasteiger partial charge in [0.05, 0.1) is 10.0 Å². The van der Waals surface area contributed by atoms with Gasteiger partial charge in [-0.1, -0.05) is 31.5 Å². The van der Waals surface area contributed by atoms with E-state index < -0.39 is 18.1 Å². The van der Waals surface area contributed by atoms with E-state index in [9.17, 15) is 8.78 Å². The number of piperidine rings is 1. The number of fused-ring (bicyclic) bond motifs is 2. The summed E-state index contributed by atoms with van der Waals surface area (Å²) in [5.74, 6) is -2.16. The molecule has 5 rings (SSSR count). The summed E-state index contributed by atoms with van der Waals surface area (Å²) in [5.41, 5.74) is 2.55. The van der Waals surface area contributed by atoms with E-state index in [0.29, 0.717) is 28.1 Å². The molecule has 1 spiro atoms. The molecule has 0 saturated carbocycles. The number of alkyl halides is 2.